The second-order valence-electron chi connectivity index (χ2n) is 5.09. The van der Waals surface area contributed by atoms with Gasteiger partial charge in [-0.25, -0.2) is 8.42 Å². The van der Waals surface area contributed by atoms with Crippen LogP contribution in [0.5, 0.6) is 0 Å². The van der Waals surface area contributed by atoms with Gasteiger partial charge in [-0.15, -0.1) is 0 Å². The smallest absolute Gasteiger partial charge is 0.263 e. The van der Waals surface area contributed by atoms with Crippen LogP contribution in [0.2, 0.25) is 0 Å². The Hall–Kier alpha value is -1.86. The van der Waals surface area contributed by atoms with Crippen molar-refractivity contribution in [2.75, 3.05) is 11.8 Å². The highest BCUT2D eigenvalue weighted by molar-refractivity contribution is 9.10. The molecule has 0 aliphatic heterocycles. The van der Waals surface area contributed by atoms with Gasteiger partial charge in [0.2, 0.25) is 5.91 Å². The molecule has 0 fully saturated rings. The van der Waals surface area contributed by atoms with Crippen LogP contribution in [0.3, 0.4) is 0 Å². The zero-order valence-corrected chi connectivity index (χ0v) is 15.2. The van der Waals surface area contributed by atoms with Crippen LogP contribution in [0.15, 0.2) is 51.8 Å². The maximum Gasteiger partial charge on any atom is 0.263 e. The number of rotatable bonds is 5. The molecule has 0 spiro atoms. The lowest BCUT2D eigenvalue weighted by Crippen LogP contribution is -2.19. The summed E-state index contributed by atoms with van der Waals surface area (Å²) in [6.07, 6.45) is 0.257. The van der Waals surface area contributed by atoms with Gasteiger partial charge in [-0.3, -0.25) is 9.52 Å². The highest BCUT2D eigenvalue weighted by atomic mass is 79.9. The van der Waals surface area contributed by atoms with Gasteiger partial charge in [0.15, 0.2) is 0 Å². The van der Waals surface area contributed by atoms with Crippen molar-refractivity contribution in [3.8, 4) is 0 Å². The Morgan fingerprint density at radius 2 is 1.78 bits per heavy atom. The lowest BCUT2D eigenvalue weighted by Gasteiger charge is -2.10. The fourth-order valence-electron chi connectivity index (χ4n) is 2.00. The van der Waals surface area contributed by atoms with Gasteiger partial charge in [0.05, 0.1) is 6.42 Å². The molecule has 0 heterocycles. The molecular formula is C16H17BrN2O3S. The third-order valence-corrected chi connectivity index (χ3v) is 5.58. The molecule has 0 atom stereocenters. The molecule has 2 aromatic carbocycles. The second kappa shape index (κ2) is 7.14. The maximum atomic E-state index is 12.4. The van der Waals surface area contributed by atoms with Crippen LogP contribution in [0.1, 0.15) is 11.1 Å². The zero-order valence-electron chi connectivity index (χ0n) is 12.8. The second-order valence-corrected chi connectivity index (χ2v) is 7.59. The van der Waals surface area contributed by atoms with Crippen LogP contribution < -0.4 is 10.0 Å². The number of carbonyl (C=O) groups is 1. The predicted octanol–water partition coefficient (Wildman–Crippen LogP) is 2.85. The molecule has 7 heteroatoms. The Balaban J connectivity index is 2.19. The molecule has 23 heavy (non-hydrogen) atoms. The molecule has 1 amide bonds. The van der Waals surface area contributed by atoms with Gasteiger partial charge in [-0.2, -0.15) is 0 Å². The molecule has 0 saturated carbocycles. The van der Waals surface area contributed by atoms with Crippen LogP contribution in [-0.2, 0) is 21.2 Å². The lowest BCUT2D eigenvalue weighted by atomic mass is 10.1. The van der Waals surface area contributed by atoms with Crippen molar-refractivity contribution >= 4 is 37.5 Å². The van der Waals surface area contributed by atoms with Crippen molar-refractivity contribution in [3.05, 3.63) is 58.1 Å². The number of aryl methyl sites for hydroxylation is 1. The van der Waals surface area contributed by atoms with Crippen LogP contribution in [0, 0.1) is 6.92 Å². The first-order valence-electron chi connectivity index (χ1n) is 6.90. The van der Waals surface area contributed by atoms with Crippen molar-refractivity contribution in [1.82, 2.24) is 5.32 Å². The van der Waals surface area contributed by atoms with E-state index in [0.717, 1.165) is 11.1 Å². The van der Waals surface area contributed by atoms with Gasteiger partial charge in [0, 0.05) is 17.2 Å². The third kappa shape index (κ3) is 4.56. The minimum atomic E-state index is -3.68. The van der Waals surface area contributed by atoms with Gasteiger partial charge >= 0.3 is 0 Å². The summed E-state index contributed by atoms with van der Waals surface area (Å²) < 4.78 is 27.9. The monoisotopic (exact) mass is 396 g/mol. The van der Waals surface area contributed by atoms with E-state index in [1.54, 1.807) is 49.5 Å². The number of amides is 1. The van der Waals surface area contributed by atoms with Gasteiger partial charge in [-0.1, -0.05) is 18.2 Å². The number of nitrogens with one attached hydrogen (secondary N) is 2. The summed E-state index contributed by atoms with van der Waals surface area (Å²) in [5.74, 6) is -0.0954. The summed E-state index contributed by atoms with van der Waals surface area (Å²) in [5.41, 5.74) is 2.22. The van der Waals surface area contributed by atoms with Crippen molar-refractivity contribution < 1.29 is 13.2 Å². The van der Waals surface area contributed by atoms with E-state index >= 15 is 0 Å². The van der Waals surface area contributed by atoms with Crippen molar-refractivity contribution in [3.63, 3.8) is 0 Å². The zero-order chi connectivity index (χ0) is 17.0. The van der Waals surface area contributed by atoms with Crippen molar-refractivity contribution in [1.29, 1.82) is 0 Å². The number of likely N-dealkylation sites (N-methyl/N-ethyl adjacent to an activating group) is 1. The summed E-state index contributed by atoms with van der Waals surface area (Å²) in [7, 11) is -2.10. The Bertz CT molecular complexity index is 818. The Labute approximate surface area is 144 Å². The Morgan fingerprint density at radius 1 is 1.13 bits per heavy atom. The first-order valence-corrected chi connectivity index (χ1v) is 9.18. The number of hydrogen-bond donors (Lipinski definition) is 2. The molecule has 0 radical (unpaired) electrons. The van der Waals surface area contributed by atoms with Crippen LogP contribution in [0.4, 0.5) is 5.69 Å². The minimum Gasteiger partial charge on any atom is -0.359 e. The summed E-state index contributed by atoms with van der Waals surface area (Å²) in [6.45, 7) is 1.89. The van der Waals surface area contributed by atoms with E-state index < -0.39 is 10.0 Å². The van der Waals surface area contributed by atoms with E-state index in [1.807, 2.05) is 6.92 Å². The van der Waals surface area contributed by atoms with E-state index in [2.05, 4.69) is 26.0 Å². The topological polar surface area (TPSA) is 75.3 Å². The number of sulfonamides is 1. The largest absolute Gasteiger partial charge is 0.359 e. The fraction of sp³-hybridized carbons (Fsp3) is 0.188. The fourth-order valence-corrected chi connectivity index (χ4v) is 4.25. The average molecular weight is 397 g/mol. The third-order valence-electron chi connectivity index (χ3n) is 3.23. The van der Waals surface area contributed by atoms with Crippen molar-refractivity contribution in [2.24, 2.45) is 0 Å². The highest BCUT2D eigenvalue weighted by Gasteiger charge is 2.17. The first kappa shape index (κ1) is 17.5. The Kier molecular flexibility index (Phi) is 5.43. The molecule has 122 valence electrons. The van der Waals surface area contributed by atoms with Gasteiger partial charge in [0.1, 0.15) is 4.90 Å². The molecule has 0 saturated heterocycles. The number of carbonyl (C=O) groups excluding carboxylic acids is 1. The van der Waals surface area contributed by atoms with E-state index in [9.17, 15) is 13.2 Å². The summed E-state index contributed by atoms with van der Waals surface area (Å²) in [5, 5.41) is 2.54. The molecule has 0 bridgehead atoms. The van der Waals surface area contributed by atoms with Crippen LogP contribution in [-0.4, -0.2) is 21.4 Å². The molecule has 5 nitrogen and oxygen atoms in total. The Morgan fingerprint density at radius 3 is 2.35 bits per heavy atom. The first-order chi connectivity index (χ1) is 10.8. The average Bonchev–Trinajstić information content (AvgIpc) is 2.48. The van der Waals surface area contributed by atoms with E-state index in [4.69, 9.17) is 0 Å². The molecule has 0 aliphatic carbocycles. The van der Waals surface area contributed by atoms with Gasteiger partial charge in [-0.05, 0) is 58.2 Å². The highest BCUT2D eigenvalue weighted by Crippen LogP contribution is 2.25. The SMILES string of the molecule is CNC(=O)Cc1ccc(NS(=O)(=O)c2ccc(C)cc2Br)cc1. The summed E-state index contributed by atoms with van der Waals surface area (Å²) >= 11 is 3.28. The summed E-state index contributed by atoms with van der Waals surface area (Å²) in [6, 6.07) is 11.8. The standard InChI is InChI=1S/C16H17BrN2O3S/c1-11-3-8-15(14(17)9-11)23(21,22)19-13-6-4-12(5-7-13)10-16(20)18-2/h3-9,19H,10H2,1-2H3,(H,18,20). The predicted molar refractivity (Wildman–Crippen MR) is 93.9 cm³/mol. The number of benzene rings is 2. The van der Waals surface area contributed by atoms with Crippen LogP contribution in [0.25, 0.3) is 0 Å². The number of hydrogen-bond acceptors (Lipinski definition) is 3. The van der Waals surface area contributed by atoms with Gasteiger partial charge in [0.25, 0.3) is 10.0 Å². The van der Waals surface area contributed by atoms with E-state index in [1.165, 1.54) is 0 Å². The summed E-state index contributed by atoms with van der Waals surface area (Å²) in [4.78, 5) is 11.5. The molecular weight excluding hydrogens is 380 g/mol. The molecule has 2 N–H and O–H groups in total. The number of halogens is 1. The normalized spacial score (nSPS) is 11.1. The van der Waals surface area contributed by atoms with Crippen LogP contribution >= 0.6 is 15.9 Å². The number of anilines is 1. The van der Waals surface area contributed by atoms with E-state index in [-0.39, 0.29) is 17.2 Å². The van der Waals surface area contributed by atoms with Crippen molar-refractivity contribution in [2.45, 2.75) is 18.2 Å². The maximum absolute atomic E-state index is 12.4. The minimum absolute atomic E-state index is 0.0954. The van der Waals surface area contributed by atoms with E-state index in [0.29, 0.717) is 10.2 Å². The van der Waals surface area contributed by atoms with Gasteiger partial charge < -0.3 is 5.32 Å². The molecule has 0 aromatic heterocycles. The molecule has 2 rings (SSSR count). The molecule has 2 aromatic rings. The quantitative estimate of drug-likeness (QED) is 0.815. The molecule has 0 aliphatic rings. The lowest BCUT2D eigenvalue weighted by molar-refractivity contribution is -0.119. The molecule has 0 unspecified atom stereocenters.